The molecule has 2 heterocycles. The van der Waals surface area contributed by atoms with Gasteiger partial charge in [-0.3, -0.25) is 9.69 Å². The lowest BCUT2D eigenvalue weighted by atomic mass is 9.97. The molecule has 0 atom stereocenters. The lowest BCUT2D eigenvalue weighted by Gasteiger charge is -2.18. The number of benzene rings is 2. The molecule has 4 rings (SSSR count). The van der Waals surface area contributed by atoms with Gasteiger partial charge in [0, 0.05) is 34.6 Å². The maximum atomic E-state index is 12.4. The summed E-state index contributed by atoms with van der Waals surface area (Å²) in [5.41, 5.74) is 2.55. The molecule has 1 amide bonds. The number of anilines is 1. The normalized spacial score (nSPS) is 11.1. The van der Waals surface area contributed by atoms with Crippen molar-refractivity contribution in [3.63, 3.8) is 0 Å². The van der Waals surface area contributed by atoms with Crippen molar-refractivity contribution < 1.29 is 14.6 Å². The van der Waals surface area contributed by atoms with E-state index in [1.165, 1.54) is 16.2 Å². The zero-order valence-electron chi connectivity index (χ0n) is 15.7. The van der Waals surface area contributed by atoms with Crippen molar-refractivity contribution in [2.45, 2.75) is 6.92 Å². The molecule has 0 fully saturated rings. The molecule has 2 N–H and O–H groups in total. The van der Waals surface area contributed by atoms with E-state index >= 15 is 0 Å². The number of aromatic nitrogens is 1. The summed E-state index contributed by atoms with van der Waals surface area (Å²) in [5, 5.41) is 13.2. The van der Waals surface area contributed by atoms with E-state index in [1.54, 1.807) is 32.2 Å². The van der Waals surface area contributed by atoms with Crippen LogP contribution in [0.1, 0.15) is 6.92 Å². The standard InChI is InChI=1S/C21H17ClN2O4S/c1-3-24(21(26)27)12-6-4-11(5-7-12)16-15(28-2)10-14(22)18-17(16)13-8-9-29-19(13)20(25)23-18/h4-10H,3H2,1-2H3,(H,23,25)(H,26,27). The highest BCUT2D eigenvalue weighted by atomic mass is 35.5. The van der Waals surface area contributed by atoms with Crippen LogP contribution in [-0.4, -0.2) is 29.8 Å². The maximum absolute atomic E-state index is 12.4. The van der Waals surface area contributed by atoms with E-state index in [1.807, 2.05) is 23.6 Å². The minimum atomic E-state index is -1.01. The smallest absolute Gasteiger partial charge is 0.411 e. The number of nitrogens with zero attached hydrogens (tertiary/aromatic N) is 1. The van der Waals surface area contributed by atoms with Crippen molar-refractivity contribution in [2.75, 3.05) is 18.6 Å². The number of fused-ring (bicyclic) bond motifs is 3. The van der Waals surface area contributed by atoms with Gasteiger partial charge in [0.2, 0.25) is 0 Å². The number of amides is 1. The molecule has 0 saturated heterocycles. The number of pyridine rings is 1. The number of H-pyrrole nitrogens is 1. The second kappa shape index (κ2) is 7.42. The lowest BCUT2D eigenvalue weighted by Crippen LogP contribution is -2.28. The van der Waals surface area contributed by atoms with E-state index < -0.39 is 6.09 Å². The number of ether oxygens (including phenoxy) is 1. The Morgan fingerprint density at radius 1 is 1.28 bits per heavy atom. The minimum absolute atomic E-state index is 0.184. The Labute approximate surface area is 174 Å². The van der Waals surface area contributed by atoms with E-state index in [4.69, 9.17) is 16.3 Å². The van der Waals surface area contributed by atoms with Crippen molar-refractivity contribution >= 4 is 55.7 Å². The first-order chi connectivity index (χ1) is 14.0. The van der Waals surface area contributed by atoms with E-state index in [0.717, 1.165) is 21.9 Å². The Bertz CT molecular complexity index is 1290. The molecule has 0 aliphatic heterocycles. The molecule has 8 heteroatoms. The number of carbonyl (C=O) groups is 1. The largest absolute Gasteiger partial charge is 0.496 e. The van der Waals surface area contributed by atoms with Crippen LogP contribution in [-0.2, 0) is 0 Å². The van der Waals surface area contributed by atoms with Crippen LogP contribution in [0.3, 0.4) is 0 Å². The maximum Gasteiger partial charge on any atom is 0.411 e. The molecule has 148 valence electrons. The van der Waals surface area contributed by atoms with Crippen molar-refractivity contribution in [1.82, 2.24) is 4.98 Å². The van der Waals surface area contributed by atoms with Gasteiger partial charge in [-0.05, 0) is 36.1 Å². The average molecular weight is 429 g/mol. The summed E-state index contributed by atoms with van der Waals surface area (Å²) in [5.74, 6) is 0.570. The molecule has 2 aromatic carbocycles. The van der Waals surface area contributed by atoms with Crippen molar-refractivity contribution in [2.24, 2.45) is 0 Å². The Hall–Kier alpha value is -3.03. The number of rotatable bonds is 4. The molecular weight excluding hydrogens is 412 g/mol. The van der Waals surface area contributed by atoms with Crippen LogP contribution in [0.4, 0.5) is 10.5 Å². The molecule has 29 heavy (non-hydrogen) atoms. The van der Waals surface area contributed by atoms with Crippen LogP contribution in [0.25, 0.3) is 32.1 Å². The van der Waals surface area contributed by atoms with Gasteiger partial charge in [0.15, 0.2) is 0 Å². The molecule has 0 aliphatic rings. The fraction of sp³-hybridized carbons (Fsp3) is 0.143. The van der Waals surface area contributed by atoms with Gasteiger partial charge in [-0.25, -0.2) is 4.79 Å². The van der Waals surface area contributed by atoms with Crippen molar-refractivity contribution in [3.8, 4) is 16.9 Å². The van der Waals surface area contributed by atoms with Crippen LogP contribution >= 0.6 is 22.9 Å². The first kappa shape index (κ1) is 19.3. The fourth-order valence-corrected chi connectivity index (χ4v) is 4.59. The third-order valence-corrected chi connectivity index (χ3v) is 6.07. The Morgan fingerprint density at radius 2 is 2.00 bits per heavy atom. The van der Waals surface area contributed by atoms with E-state index in [9.17, 15) is 14.7 Å². The molecule has 0 radical (unpaired) electrons. The number of thiophene rings is 1. The number of halogens is 1. The van der Waals surface area contributed by atoms with Gasteiger partial charge in [-0.15, -0.1) is 11.3 Å². The number of carboxylic acid groups (broad SMARTS) is 1. The summed E-state index contributed by atoms with van der Waals surface area (Å²) in [4.78, 5) is 28.0. The summed E-state index contributed by atoms with van der Waals surface area (Å²) < 4.78 is 6.22. The number of aromatic amines is 1. The van der Waals surface area contributed by atoms with Gasteiger partial charge in [0.25, 0.3) is 5.56 Å². The predicted octanol–water partition coefficient (Wildman–Crippen LogP) is 5.58. The van der Waals surface area contributed by atoms with Crippen molar-refractivity contribution in [3.05, 3.63) is 57.2 Å². The highest BCUT2D eigenvalue weighted by Gasteiger charge is 2.19. The van der Waals surface area contributed by atoms with Crippen molar-refractivity contribution in [1.29, 1.82) is 0 Å². The number of hydrogen-bond donors (Lipinski definition) is 2. The van der Waals surface area contributed by atoms with Gasteiger partial charge >= 0.3 is 6.09 Å². The van der Waals surface area contributed by atoms with Crippen LogP contribution in [0, 0.1) is 0 Å². The molecule has 0 spiro atoms. The second-order valence-electron chi connectivity index (χ2n) is 6.38. The highest BCUT2D eigenvalue weighted by Crippen LogP contribution is 2.43. The summed E-state index contributed by atoms with van der Waals surface area (Å²) in [6.45, 7) is 2.13. The summed E-state index contributed by atoms with van der Waals surface area (Å²) >= 11 is 7.81. The van der Waals surface area contributed by atoms with Crippen LogP contribution in [0.2, 0.25) is 5.02 Å². The van der Waals surface area contributed by atoms with Crippen LogP contribution in [0.15, 0.2) is 46.6 Å². The van der Waals surface area contributed by atoms with Crippen LogP contribution < -0.4 is 15.2 Å². The molecule has 0 aliphatic carbocycles. The molecule has 0 saturated carbocycles. The first-order valence-electron chi connectivity index (χ1n) is 8.86. The third kappa shape index (κ3) is 3.12. The summed E-state index contributed by atoms with van der Waals surface area (Å²) in [6.07, 6.45) is -1.01. The van der Waals surface area contributed by atoms with Gasteiger partial charge < -0.3 is 14.8 Å². The fourth-order valence-electron chi connectivity index (χ4n) is 3.55. The Morgan fingerprint density at radius 3 is 2.62 bits per heavy atom. The molecular formula is C21H17ClN2O4S. The minimum Gasteiger partial charge on any atom is -0.496 e. The van der Waals surface area contributed by atoms with E-state index in [-0.39, 0.29) is 5.56 Å². The SMILES string of the molecule is CCN(C(=O)O)c1ccc(-c2c(OC)cc(Cl)c3[nH]c(=O)c4sccc4c23)cc1. The third-order valence-electron chi connectivity index (χ3n) is 4.86. The number of hydrogen-bond acceptors (Lipinski definition) is 4. The first-order valence-corrected chi connectivity index (χ1v) is 10.1. The highest BCUT2D eigenvalue weighted by molar-refractivity contribution is 7.17. The lowest BCUT2D eigenvalue weighted by molar-refractivity contribution is 0.202. The van der Waals surface area contributed by atoms with E-state index in [2.05, 4.69) is 4.98 Å². The van der Waals surface area contributed by atoms with E-state index in [0.29, 0.717) is 33.2 Å². The molecule has 6 nitrogen and oxygen atoms in total. The van der Waals surface area contributed by atoms with Gasteiger partial charge in [-0.2, -0.15) is 0 Å². The zero-order valence-corrected chi connectivity index (χ0v) is 17.2. The zero-order chi connectivity index (χ0) is 20.7. The molecule has 4 aromatic rings. The Balaban J connectivity index is 2.03. The monoisotopic (exact) mass is 428 g/mol. The molecule has 0 unspecified atom stereocenters. The molecule has 2 aromatic heterocycles. The number of nitrogens with one attached hydrogen (secondary N) is 1. The predicted molar refractivity (Wildman–Crippen MR) is 118 cm³/mol. The second-order valence-corrected chi connectivity index (χ2v) is 7.70. The summed E-state index contributed by atoms with van der Waals surface area (Å²) in [6, 6.07) is 10.8. The van der Waals surface area contributed by atoms with Gasteiger partial charge in [0.05, 0.1) is 17.6 Å². The summed E-state index contributed by atoms with van der Waals surface area (Å²) in [7, 11) is 1.56. The number of methoxy groups -OCH3 is 1. The van der Waals surface area contributed by atoms with Gasteiger partial charge in [0.1, 0.15) is 10.4 Å². The topological polar surface area (TPSA) is 82.6 Å². The van der Waals surface area contributed by atoms with Crippen LogP contribution in [0.5, 0.6) is 5.75 Å². The Kier molecular flexibility index (Phi) is 4.94. The average Bonchev–Trinajstić information content (AvgIpc) is 3.20. The molecule has 0 bridgehead atoms. The van der Waals surface area contributed by atoms with Gasteiger partial charge in [-0.1, -0.05) is 23.7 Å². The quantitative estimate of drug-likeness (QED) is 0.444.